The largest absolute Gasteiger partial charge is 0.418 e. The molecule has 0 N–H and O–H groups in total. The summed E-state index contributed by atoms with van der Waals surface area (Å²) in [7, 11) is 0. The van der Waals surface area contributed by atoms with E-state index >= 15 is 0 Å². The molecular formula is C42H26F3N5. The summed E-state index contributed by atoms with van der Waals surface area (Å²) in [4.78, 5) is 14.7. The fourth-order valence-electron chi connectivity index (χ4n) is 6.80. The second-order valence-corrected chi connectivity index (χ2v) is 12.0. The van der Waals surface area contributed by atoms with Crippen molar-refractivity contribution in [3.8, 4) is 45.5 Å². The van der Waals surface area contributed by atoms with Crippen LogP contribution < -0.4 is 0 Å². The summed E-state index contributed by atoms with van der Waals surface area (Å²) in [6.07, 6.45) is -2.78. The molecule has 240 valence electrons. The molecular weight excluding hydrogens is 631 g/mol. The highest BCUT2D eigenvalue weighted by molar-refractivity contribution is 6.18. The minimum Gasteiger partial charge on any atom is -0.316 e. The first-order valence-corrected chi connectivity index (χ1v) is 16.1. The number of fused-ring (bicyclic) bond motifs is 5. The Morgan fingerprint density at radius 1 is 0.460 bits per heavy atom. The number of hydrogen-bond acceptors (Lipinski definition) is 3. The Bertz CT molecular complexity index is 2640. The van der Waals surface area contributed by atoms with Crippen LogP contribution in [0.4, 0.5) is 13.2 Å². The molecule has 5 nitrogen and oxygen atoms in total. The van der Waals surface area contributed by atoms with Gasteiger partial charge in [-0.1, -0.05) is 109 Å². The number of hydrogen-bond donors (Lipinski definition) is 0. The van der Waals surface area contributed by atoms with Crippen molar-refractivity contribution in [1.82, 2.24) is 24.1 Å². The first-order chi connectivity index (χ1) is 24.4. The quantitative estimate of drug-likeness (QED) is 0.185. The maximum absolute atomic E-state index is 14.1. The van der Waals surface area contributed by atoms with Crippen molar-refractivity contribution in [2.45, 2.75) is 6.18 Å². The highest BCUT2D eigenvalue weighted by Gasteiger charge is 2.34. The fourth-order valence-corrected chi connectivity index (χ4v) is 6.80. The van der Waals surface area contributed by atoms with E-state index in [2.05, 4.69) is 22.8 Å². The smallest absolute Gasteiger partial charge is 0.316 e. The normalized spacial score (nSPS) is 11.9. The van der Waals surface area contributed by atoms with Crippen molar-refractivity contribution in [3.05, 3.63) is 163 Å². The van der Waals surface area contributed by atoms with E-state index < -0.39 is 11.7 Å². The van der Waals surface area contributed by atoms with Crippen LogP contribution in [0.25, 0.3) is 78.2 Å². The van der Waals surface area contributed by atoms with E-state index in [1.54, 1.807) is 16.8 Å². The molecule has 0 fully saturated rings. The van der Waals surface area contributed by atoms with Gasteiger partial charge in [-0.2, -0.15) is 13.2 Å². The Hall–Kier alpha value is -6.54. The molecule has 3 heterocycles. The lowest BCUT2D eigenvalue weighted by Crippen LogP contribution is -2.10. The number of halogens is 3. The maximum atomic E-state index is 14.1. The molecule has 0 aliphatic carbocycles. The predicted octanol–water partition coefficient (Wildman–Crippen LogP) is 10.9. The average Bonchev–Trinajstić information content (AvgIpc) is 3.75. The number of alkyl halides is 3. The lowest BCUT2D eigenvalue weighted by Gasteiger charge is -2.15. The van der Waals surface area contributed by atoms with Crippen molar-refractivity contribution in [1.29, 1.82) is 0 Å². The van der Waals surface area contributed by atoms with Crippen LogP contribution in [0.5, 0.6) is 0 Å². The number of rotatable bonds is 5. The summed E-state index contributed by atoms with van der Waals surface area (Å²) in [5.41, 5.74) is 5.37. The maximum Gasteiger partial charge on any atom is 0.418 e. The van der Waals surface area contributed by atoms with Gasteiger partial charge in [-0.25, -0.2) is 15.0 Å². The first kappa shape index (κ1) is 29.6. The van der Waals surface area contributed by atoms with Crippen LogP contribution in [0.3, 0.4) is 0 Å². The molecule has 0 unspecified atom stereocenters. The Kier molecular flexibility index (Phi) is 6.84. The zero-order valence-corrected chi connectivity index (χ0v) is 26.4. The second kappa shape index (κ2) is 11.6. The van der Waals surface area contributed by atoms with Gasteiger partial charge in [-0.05, 0) is 42.5 Å². The summed E-state index contributed by atoms with van der Waals surface area (Å²) < 4.78 is 46.1. The third-order valence-corrected chi connectivity index (χ3v) is 9.03. The van der Waals surface area contributed by atoms with Crippen LogP contribution in [-0.4, -0.2) is 24.1 Å². The van der Waals surface area contributed by atoms with Crippen LogP contribution >= 0.6 is 0 Å². The standard InChI is InChI=1S/C42H26F3N5/c43-42(44,45)34-19-8-10-21-37(34)49-25-24-33-35(49)23-22-32-31-18-7-9-20-36(31)50(38(32)33)30-17-11-16-29(26-30)41-47-39(27-12-3-1-4-13-27)46-40(48-41)28-14-5-2-6-15-28/h1-26H. The fraction of sp³-hybridized carbons (Fsp3) is 0.0238. The van der Waals surface area contributed by atoms with E-state index in [0.29, 0.717) is 23.0 Å². The van der Waals surface area contributed by atoms with Crippen molar-refractivity contribution in [3.63, 3.8) is 0 Å². The van der Waals surface area contributed by atoms with Crippen LogP contribution in [0, 0.1) is 0 Å². The van der Waals surface area contributed by atoms with Crippen molar-refractivity contribution < 1.29 is 13.2 Å². The Labute approximate surface area is 284 Å². The van der Waals surface area contributed by atoms with E-state index in [1.165, 1.54) is 12.1 Å². The lowest BCUT2D eigenvalue weighted by molar-refractivity contribution is -0.137. The minimum absolute atomic E-state index is 0.0808. The topological polar surface area (TPSA) is 48.5 Å². The minimum atomic E-state index is -4.50. The van der Waals surface area contributed by atoms with E-state index in [0.717, 1.165) is 55.6 Å². The molecule has 0 amide bonds. The molecule has 0 radical (unpaired) electrons. The summed E-state index contributed by atoms with van der Waals surface area (Å²) in [6.45, 7) is 0. The van der Waals surface area contributed by atoms with E-state index in [1.807, 2.05) is 109 Å². The van der Waals surface area contributed by atoms with Gasteiger partial charge in [0.1, 0.15) is 0 Å². The summed E-state index contributed by atoms with van der Waals surface area (Å²) >= 11 is 0. The molecule has 9 rings (SSSR count). The molecule has 0 aliphatic heterocycles. The number of benzene rings is 6. The zero-order valence-electron chi connectivity index (χ0n) is 26.4. The molecule has 0 saturated carbocycles. The molecule has 6 aromatic carbocycles. The number of aromatic nitrogens is 5. The molecule has 0 aliphatic rings. The Balaban J connectivity index is 1.27. The molecule has 0 atom stereocenters. The van der Waals surface area contributed by atoms with Gasteiger partial charge in [0.2, 0.25) is 0 Å². The van der Waals surface area contributed by atoms with Gasteiger partial charge in [0, 0.05) is 44.7 Å². The van der Waals surface area contributed by atoms with Crippen molar-refractivity contribution in [2.24, 2.45) is 0 Å². The molecule has 9 aromatic rings. The average molecular weight is 658 g/mol. The van der Waals surface area contributed by atoms with Gasteiger partial charge in [0.15, 0.2) is 17.5 Å². The van der Waals surface area contributed by atoms with Crippen LogP contribution in [0.2, 0.25) is 0 Å². The Morgan fingerprint density at radius 3 is 1.76 bits per heavy atom. The SMILES string of the molecule is FC(F)(F)c1ccccc1-n1ccc2c1ccc1c3ccccc3n(-c3cccc(-c4nc(-c5ccccc5)nc(-c5ccccc5)n4)c3)c12. The van der Waals surface area contributed by atoms with Gasteiger partial charge in [0.05, 0.1) is 27.8 Å². The highest BCUT2D eigenvalue weighted by atomic mass is 19.4. The lowest BCUT2D eigenvalue weighted by atomic mass is 10.1. The molecule has 3 aromatic heterocycles. The summed E-state index contributed by atoms with van der Waals surface area (Å²) in [5.74, 6) is 1.66. The van der Waals surface area contributed by atoms with Gasteiger partial charge in [-0.15, -0.1) is 0 Å². The zero-order chi connectivity index (χ0) is 33.8. The molecule has 8 heteroatoms. The third-order valence-electron chi connectivity index (χ3n) is 9.03. The van der Waals surface area contributed by atoms with Crippen LogP contribution in [-0.2, 0) is 6.18 Å². The van der Waals surface area contributed by atoms with Gasteiger partial charge in [0.25, 0.3) is 0 Å². The van der Waals surface area contributed by atoms with Crippen LogP contribution in [0.15, 0.2) is 158 Å². The number of nitrogens with zero attached hydrogens (tertiary/aromatic N) is 5. The van der Waals surface area contributed by atoms with Gasteiger partial charge in [-0.3, -0.25) is 0 Å². The van der Waals surface area contributed by atoms with E-state index in [4.69, 9.17) is 15.0 Å². The van der Waals surface area contributed by atoms with Gasteiger partial charge < -0.3 is 9.13 Å². The van der Waals surface area contributed by atoms with Crippen molar-refractivity contribution in [2.75, 3.05) is 0 Å². The molecule has 0 spiro atoms. The summed E-state index contributed by atoms with van der Waals surface area (Å²) in [5, 5.41) is 2.87. The predicted molar refractivity (Wildman–Crippen MR) is 192 cm³/mol. The number of para-hydroxylation sites is 2. The third kappa shape index (κ3) is 4.92. The molecule has 0 bridgehead atoms. The highest BCUT2D eigenvalue weighted by Crippen LogP contribution is 2.40. The van der Waals surface area contributed by atoms with E-state index in [9.17, 15) is 13.2 Å². The first-order valence-electron chi connectivity index (χ1n) is 16.1. The molecule has 50 heavy (non-hydrogen) atoms. The monoisotopic (exact) mass is 657 g/mol. The molecule has 0 saturated heterocycles. The Morgan fingerprint density at radius 2 is 1.06 bits per heavy atom. The summed E-state index contributed by atoms with van der Waals surface area (Å²) in [6, 6.07) is 47.3. The second-order valence-electron chi connectivity index (χ2n) is 12.0. The van der Waals surface area contributed by atoms with Gasteiger partial charge >= 0.3 is 6.18 Å². The van der Waals surface area contributed by atoms with Crippen LogP contribution in [0.1, 0.15) is 5.56 Å². The van der Waals surface area contributed by atoms with E-state index in [-0.39, 0.29) is 5.69 Å². The van der Waals surface area contributed by atoms with Crippen molar-refractivity contribution >= 4 is 32.7 Å².